The summed E-state index contributed by atoms with van der Waals surface area (Å²) in [6.45, 7) is 0. The fourth-order valence-electron chi connectivity index (χ4n) is 3.81. The molecule has 0 saturated heterocycles. The average molecular weight is 426 g/mol. The van der Waals surface area contributed by atoms with Crippen LogP contribution < -0.4 is 21.8 Å². The Morgan fingerprint density at radius 1 is 1.19 bits per heavy atom. The number of fused-ring (bicyclic) bond motifs is 1. The second-order valence-electron chi connectivity index (χ2n) is 8.06. The van der Waals surface area contributed by atoms with Crippen LogP contribution in [0.25, 0.3) is 11.7 Å². The van der Waals surface area contributed by atoms with Crippen molar-refractivity contribution in [1.82, 2.24) is 29.5 Å². The van der Waals surface area contributed by atoms with Gasteiger partial charge in [0.25, 0.3) is 5.62 Å². The predicted octanol–water partition coefficient (Wildman–Crippen LogP) is -0.488. The van der Waals surface area contributed by atoms with E-state index in [4.69, 9.17) is 0 Å². The molecule has 3 heterocycles. The number of aromatic nitrogens is 6. The maximum atomic E-state index is 11.4. The molecule has 0 unspecified atom stereocenters. The van der Waals surface area contributed by atoms with E-state index in [1.807, 2.05) is 0 Å². The monoisotopic (exact) mass is 426 g/mol. The van der Waals surface area contributed by atoms with Crippen LogP contribution in [-0.2, 0) is 4.79 Å². The molecule has 3 aromatic heterocycles. The minimum absolute atomic E-state index is 0.0762. The molecule has 0 aromatic carbocycles. The molecule has 31 heavy (non-hydrogen) atoms. The molecular formula is C19H22N8O4. The number of hydrogen-bond acceptors (Lipinski definition) is 8. The van der Waals surface area contributed by atoms with E-state index in [-0.39, 0.29) is 29.6 Å². The summed E-state index contributed by atoms with van der Waals surface area (Å²) in [5.41, 5.74) is 0.623. The summed E-state index contributed by atoms with van der Waals surface area (Å²) in [7, 11) is 0. The Labute approximate surface area is 174 Å². The Morgan fingerprint density at radius 3 is 2.61 bits per heavy atom. The van der Waals surface area contributed by atoms with Crippen LogP contribution in [0, 0.1) is 5.92 Å². The van der Waals surface area contributed by atoms with E-state index >= 15 is 0 Å². The lowest BCUT2D eigenvalue weighted by Gasteiger charge is -2.26. The van der Waals surface area contributed by atoms with Crippen LogP contribution in [-0.4, -0.2) is 57.8 Å². The first-order valence-corrected chi connectivity index (χ1v) is 10.3. The number of carbonyl (C=O) groups is 1. The molecule has 2 fully saturated rings. The van der Waals surface area contributed by atoms with E-state index in [0.717, 1.165) is 25.7 Å². The zero-order valence-electron chi connectivity index (χ0n) is 16.6. The largest absolute Gasteiger partial charge is 0.493 e. The van der Waals surface area contributed by atoms with Crippen LogP contribution in [0.3, 0.4) is 0 Å². The smallest absolute Gasteiger partial charge is 0.326 e. The number of aromatic amines is 2. The van der Waals surface area contributed by atoms with Crippen LogP contribution >= 0.6 is 0 Å². The zero-order valence-corrected chi connectivity index (χ0v) is 16.6. The molecule has 12 heteroatoms. The van der Waals surface area contributed by atoms with Gasteiger partial charge in [0.2, 0.25) is 11.8 Å². The fraction of sp³-hybridized carbons (Fsp3) is 0.474. The van der Waals surface area contributed by atoms with Crippen LogP contribution in [0.15, 0.2) is 16.0 Å². The summed E-state index contributed by atoms with van der Waals surface area (Å²) in [5, 5.41) is 27.3. The van der Waals surface area contributed by atoms with Gasteiger partial charge < -0.3 is 20.5 Å². The molecule has 2 aliphatic rings. The van der Waals surface area contributed by atoms with Crippen LogP contribution in [0.4, 0.5) is 5.95 Å². The standard InChI is InChI=1S/C19H22N8O4/c28-15-13(23-19(31)25-15)7-10-8-20-27-14(10)24-17(26-18(27)22-12-5-6-12)21-11-3-1-9(2-4-11)16(29)30/h7-9,11-12,28H,1-6H2,(H,29,30)(H,21,22,26)(H2,23,25,31)/b10-7+. The maximum Gasteiger partial charge on any atom is 0.326 e. The van der Waals surface area contributed by atoms with E-state index in [9.17, 15) is 19.8 Å². The summed E-state index contributed by atoms with van der Waals surface area (Å²) in [6, 6.07) is 0.297. The molecule has 0 spiro atoms. The average Bonchev–Trinajstić information content (AvgIpc) is 3.37. The second kappa shape index (κ2) is 7.52. The number of aliphatic carboxylic acids is 1. The van der Waals surface area contributed by atoms with Crippen molar-refractivity contribution in [3.8, 4) is 5.88 Å². The van der Waals surface area contributed by atoms with Gasteiger partial charge in [-0.2, -0.15) is 19.6 Å². The van der Waals surface area contributed by atoms with Crippen molar-refractivity contribution in [2.24, 2.45) is 10.9 Å². The third-order valence-electron chi connectivity index (χ3n) is 5.67. The molecule has 162 valence electrons. The van der Waals surface area contributed by atoms with E-state index < -0.39 is 11.7 Å². The first-order chi connectivity index (χ1) is 15.0. The predicted molar refractivity (Wildman–Crippen MR) is 108 cm³/mol. The summed E-state index contributed by atoms with van der Waals surface area (Å²) in [4.78, 5) is 41.2. The molecule has 0 aliphatic heterocycles. The lowest BCUT2D eigenvalue weighted by Crippen LogP contribution is -2.32. The van der Waals surface area contributed by atoms with Gasteiger partial charge in [0.15, 0.2) is 5.65 Å². The third kappa shape index (κ3) is 4.00. The number of carboxylic acid groups (broad SMARTS) is 1. The number of rotatable bonds is 5. The number of anilines is 1. The highest BCUT2D eigenvalue weighted by Crippen LogP contribution is 2.26. The van der Waals surface area contributed by atoms with Gasteiger partial charge in [-0.15, -0.1) is 0 Å². The molecule has 5 N–H and O–H groups in total. The van der Waals surface area contributed by atoms with Crippen molar-refractivity contribution in [3.05, 3.63) is 33.2 Å². The number of H-pyrrole nitrogens is 2. The minimum Gasteiger partial charge on any atom is -0.493 e. The molecule has 2 saturated carbocycles. The quantitative estimate of drug-likeness (QED) is 0.363. The fourth-order valence-corrected chi connectivity index (χ4v) is 3.81. The molecular weight excluding hydrogens is 404 g/mol. The summed E-state index contributed by atoms with van der Waals surface area (Å²) >= 11 is 0. The number of imidazole rings is 1. The number of aromatic hydroxyl groups is 1. The topological polar surface area (TPSA) is 174 Å². The van der Waals surface area contributed by atoms with Crippen LogP contribution in [0.2, 0.25) is 0 Å². The molecule has 12 nitrogen and oxygen atoms in total. The molecule has 0 radical (unpaired) electrons. The Hall–Kier alpha value is -3.70. The van der Waals surface area contributed by atoms with Crippen molar-refractivity contribution in [3.63, 3.8) is 0 Å². The Kier molecular flexibility index (Phi) is 4.68. The highest BCUT2D eigenvalue weighted by Gasteiger charge is 2.26. The number of hydrogen-bond donors (Lipinski definition) is 5. The van der Waals surface area contributed by atoms with Crippen molar-refractivity contribution in [1.29, 1.82) is 0 Å². The molecule has 0 atom stereocenters. The Morgan fingerprint density at radius 2 is 1.97 bits per heavy atom. The van der Waals surface area contributed by atoms with Crippen molar-refractivity contribution >= 4 is 23.6 Å². The molecule has 0 amide bonds. The van der Waals surface area contributed by atoms with E-state index in [1.165, 1.54) is 0 Å². The van der Waals surface area contributed by atoms with Crippen molar-refractivity contribution in [2.45, 2.75) is 50.6 Å². The van der Waals surface area contributed by atoms with Gasteiger partial charge in [-0.05, 0) is 44.6 Å². The van der Waals surface area contributed by atoms with Gasteiger partial charge in [-0.1, -0.05) is 0 Å². The molecule has 3 aromatic rings. The van der Waals surface area contributed by atoms with Crippen LogP contribution in [0.1, 0.15) is 44.2 Å². The van der Waals surface area contributed by atoms with Gasteiger partial charge in [-0.3, -0.25) is 9.78 Å². The van der Waals surface area contributed by atoms with E-state index in [2.05, 4.69) is 35.3 Å². The second-order valence-corrected chi connectivity index (χ2v) is 8.06. The number of carboxylic acids is 1. The highest BCUT2D eigenvalue weighted by atomic mass is 16.4. The van der Waals surface area contributed by atoms with Gasteiger partial charge >= 0.3 is 11.7 Å². The summed E-state index contributed by atoms with van der Waals surface area (Å²) in [6.07, 6.45) is 7.82. The lowest BCUT2D eigenvalue weighted by molar-refractivity contribution is -0.142. The lowest BCUT2D eigenvalue weighted by atomic mass is 9.86. The molecule has 0 bridgehead atoms. The summed E-state index contributed by atoms with van der Waals surface area (Å²) < 4.78 is 1.54. The minimum atomic E-state index is -0.743. The molecule has 5 rings (SSSR count). The van der Waals surface area contributed by atoms with E-state index in [0.29, 0.717) is 35.3 Å². The number of nitrogens with zero attached hydrogens (tertiary/aromatic N) is 5. The zero-order chi connectivity index (χ0) is 21.5. The van der Waals surface area contributed by atoms with Crippen molar-refractivity contribution in [2.75, 3.05) is 5.32 Å². The number of nitrogens with one attached hydrogen (secondary N) is 3. The van der Waals surface area contributed by atoms with Gasteiger partial charge in [-0.25, -0.2) is 9.79 Å². The molecule has 2 aliphatic carbocycles. The van der Waals surface area contributed by atoms with Crippen LogP contribution in [0.5, 0.6) is 5.88 Å². The van der Waals surface area contributed by atoms with Gasteiger partial charge in [0, 0.05) is 11.3 Å². The third-order valence-corrected chi connectivity index (χ3v) is 5.67. The SMILES string of the molecule is O=C(O)C1CCC(Nc2nc(=NC3CC3)n3nc/c(=C\c4[nH]c(=O)[nH]c4O)c3n2)CC1. The maximum absolute atomic E-state index is 11.4. The first kappa shape index (κ1) is 19.3. The summed E-state index contributed by atoms with van der Waals surface area (Å²) in [5.74, 6) is -0.913. The van der Waals surface area contributed by atoms with Gasteiger partial charge in [0.05, 0.1) is 18.2 Å². The van der Waals surface area contributed by atoms with E-state index in [1.54, 1.807) is 16.8 Å². The Balaban J connectivity index is 1.52. The Bertz CT molecular complexity index is 1310. The van der Waals surface area contributed by atoms with Crippen molar-refractivity contribution < 1.29 is 15.0 Å². The normalized spacial score (nSPS) is 22.8. The van der Waals surface area contributed by atoms with Gasteiger partial charge in [0.1, 0.15) is 5.69 Å². The first-order valence-electron chi connectivity index (χ1n) is 10.3. The highest BCUT2D eigenvalue weighted by molar-refractivity contribution is 5.70.